The molecule has 2 aromatic carbocycles. The molecule has 6 heteroatoms. The third-order valence-electron chi connectivity index (χ3n) is 5.39. The van der Waals surface area contributed by atoms with E-state index < -0.39 is 0 Å². The maximum atomic E-state index is 12.8. The van der Waals surface area contributed by atoms with E-state index in [9.17, 15) is 9.59 Å². The molecule has 4 rings (SSSR count). The minimum absolute atomic E-state index is 0.0682. The summed E-state index contributed by atoms with van der Waals surface area (Å²) in [6.45, 7) is 1.21. The molecule has 0 saturated carbocycles. The van der Waals surface area contributed by atoms with Gasteiger partial charge in [0.25, 0.3) is 11.8 Å². The van der Waals surface area contributed by atoms with Crippen LogP contribution < -0.4 is 10.2 Å². The van der Waals surface area contributed by atoms with Crippen molar-refractivity contribution in [2.75, 3.05) is 18.5 Å². The lowest BCUT2D eigenvalue weighted by Gasteiger charge is -2.46. The maximum absolute atomic E-state index is 12.8. The van der Waals surface area contributed by atoms with Crippen LogP contribution in [0.25, 0.3) is 0 Å². The largest absolute Gasteiger partial charge is 0.354 e. The number of anilines is 1. The van der Waals surface area contributed by atoms with Gasteiger partial charge in [-0.3, -0.25) is 9.59 Å². The van der Waals surface area contributed by atoms with Gasteiger partial charge >= 0.3 is 0 Å². The number of amides is 2. The highest BCUT2D eigenvalue weighted by molar-refractivity contribution is 6.30. The van der Waals surface area contributed by atoms with Gasteiger partial charge in [-0.05, 0) is 55.2 Å². The van der Waals surface area contributed by atoms with Gasteiger partial charge in [0, 0.05) is 30.7 Å². The van der Waals surface area contributed by atoms with Crippen molar-refractivity contribution in [3.05, 3.63) is 64.2 Å². The van der Waals surface area contributed by atoms with Crippen LogP contribution in [0.2, 0.25) is 5.02 Å². The summed E-state index contributed by atoms with van der Waals surface area (Å²) in [4.78, 5) is 29.5. The molecule has 2 heterocycles. The first-order valence-corrected chi connectivity index (χ1v) is 9.63. The molecule has 2 aromatic rings. The Balaban J connectivity index is 1.54. The Bertz CT molecular complexity index is 899. The molecule has 0 aliphatic carbocycles. The molecule has 1 N–H and O–H groups in total. The zero-order valence-electron chi connectivity index (χ0n) is 15.2. The maximum Gasteiger partial charge on any atom is 0.257 e. The lowest BCUT2D eigenvalue weighted by atomic mass is 9.97. The van der Waals surface area contributed by atoms with Crippen molar-refractivity contribution < 1.29 is 9.59 Å². The van der Waals surface area contributed by atoms with Crippen LogP contribution in [-0.4, -0.2) is 36.5 Å². The third-order valence-corrected chi connectivity index (χ3v) is 5.63. The van der Waals surface area contributed by atoms with Gasteiger partial charge in [-0.2, -0.15) is 0 Å². The molecule has 0 unspecified atom stereocenters. The van der Waals surface area contributed by atoms with Crippen molar-refractivity contribution in [2.45, 2.75) is 32.0 Å². The first kappa shape index (κ1) is 17.9. The molecule has 2 amide bonds. The number of hydrogen-bond acceptors (Lipinski definition) is 3. The van der Waals surface area contributed by atoms with E-state index in [1.165, 1.54) is 0 Å². The van der Waals surface area contributed by atoms with E-state index in [1.807, 2.05) is 36.2 Å². The highest BCUT2D eigenvalue weighted by Gasteiger charge is 2.37. The number of halogens is 1. The monoisotopic (exact) mass is 383 g/mol. The van der Waals surface area contributed by atoms with Crippen molar-refractivity contribution in [1.29, 1.82) is 0 Å². The van der Waals surface area contributed by atoms with Crippen LogP contribution in [0.5, 0.6) is 0 Å². The second kappa shape index (κ2) is 7.24. The molecule has 1 saturated heterocycles. The van der Waals surface area contributed by atoms with Crippen molar-refractivity contribution in [3.63, 3.8) is 0 Å². The van der Waals surface area contributed by atoms with E-state index in [2.05, 4.69) is 10.2 Å². The number of carbonyl (C=O) groups is 2. The molecule has 0 radical (unpaired) electrons. The number of nitrogens with one attached hydrogen (secondary N) is 1. The molecule has 5 nitrogen and oxygen atoms in total. The highest BCUT2D eigenvalue weighted by atomic mass is 35.5. The summed E-state index contributed by atoms with van der Waals surface area (Å²) in [5, 5.41) is 3.57. The molecule has 1 fully saturated rings. The van der Waals surface area contributed by atoms with Gasteiger partial charge in [0.05, 0.1) is 11.3 Å². The lowest BCUT2D eigenvalue weighted by Crippen LogP contribution is -2.55. The molecular formula is C21H22ClN3O2. The number of hydrogen-bond donors (Lipinski definition) is 1. The summed E-state index contributed by atoms with van der Waals surface area (Å²) < 4.78 is 0. The molecule has 140 valence electrons. The smallest absolute Gasteiger partial charge is 0.257 e. The normalized spacial score (nSPS) is 18.7. The second-order valence-electron chi connectivity index (χ2n) is 7.13. The Morgan fingerprint density at radius 3 is 2.89 bits per heavy atom. The van der Waals surface area contributed by atoms with Gasteiger partial charge in [-0.25, -0.2) is 0 Å². The molecule has 1 atom stereocenters. The van der Waals surface area contributed by atoms with Gasteiger partial charge in [0.15, 0.2) is 0 Å². The summed E-state index contributed by atoms with van der Waals surface area (Å²) in [6.07, 6.45) is 3.22. The van der Waals surface area contributed by atoms with Crippen LogP contribution >= 0.6 is 11.6 Å². The Labute approximate surface area is 163 Å². The molecular weight excluding hydrogens is 362 g/mol. The molecule has 2 aliphatic rings. The van der Waals surface area contributed by atoms with Crippen LogP contribution in [0, 0.1) is 0 Å². The number of fused-ring (bicyclic) bond motifs is 2. The van der Waals surface area contributed by atoms with Crippen LogP contribution in [0.15, 0.2) is 42.5 Å². The fourth-order valence-electron chi connectivity index (χ4n) is 3.95. The van der Waals surface area contributed by atoms with Gasteiger partial charge in [-0.15, -0.1) is 0 Å². The van der Waals surface area contributed by atoms with E-state index in [1.54, 1.807) is 18.2 Å². The van der Waals surface area contributed by atoms with E-state index in [-0.39, 0.29) is 18.0 Å². The van der Waals surface area contributed by atoms with Gasteiger partial charge < -0.3 is 15.1 Å². The predicted molar refractivity (Wildman–Crippen MR) is 106 cm³/mol. The average molecular weight is 384 g/mol. The van der Waals surface area contributed by atoms with Crippen molar-refractivity contribution in [2.24, 2.45) is 0 Å². The minimum Gasteiger partial charge on any atom is -0.354 e. The number of piperidine rings is 1. The summed E-state index contributed by atoms with van der Waals surface area (Å²) >= 11 is 5.99. The second-order valence-corrected chi connectivity index (χ2v) is 7.57. The Hall–Kier alpha value is -2.53. The Morgan fingerprint density at radius 2 is 2.07 bits per heavy atom. The minimum atomic E-state index is -0.162. The zero-order chi connectivity index (χ0) is 19.0. The fourth-order valence-corrected chi connectivity index (χ4v) is 4.16. The van der Waals surface area contributed by atoms with Crippen LogP contribution in [0.4, 0.5) is 5.69 Å². The molecule has 0 bridgehead atoms. The summed E-state index contributed by atoms with van der Waals surface area (Å²) in [5.74, 6) is -0.0941. The number of carbonyl (C=O) groups excluding carboxylic acids is 2. The topological polar surface area (TPSA) is 52.7 Å². The van der Waals surface area contributed by atoms with Crippen LogP contribution in [-0.2, 0) is 6.54 Å². The summed E-state index contributed by atoms with van der Waals surface area (Å²) in [6, 6.07) is 12.7. The van der Waals surface area contributed by atoms with Gasteiger partial charge in [0.2, 0.25) is 0 Å². The zero-order valence-corrected chi connectivity index (χ0v) is 16.0. The van der Waals surface area contributed by atoms with Crippen molar-refractivity contribution >= 4 is 29.1 Å². The molecule has 0 aromatic heterocycles. The number of nitrogens with zero attached hydrogens (tertiary/aromatic N) is 2. The number of rotatable bonds is 3. The van der Waals surface area contributed by atoms with E-state index in [0.717, 1.165) is 37.1 Å². The first-order chi connectivity index (χ1) is 13.0. The first-order valence-electron chi connectivity index (χ1n) is 9.25. The van der Waals surface area contributed by atoms with Crippen molar-refractivity contribution in [3.8, 4) is 0 Å². The van der Waals surface area contributed by atoms with Crippen LogP contribution in [0.3, 0.4) is 0 Å². The fraction of sp³-hybridized carbons (Fsp3) is 0.333. The summed E-state index contributed by atoms with van der Waals surface area (Å²) in [5.41, 5.74) is 3.00. The Morgan fingerprint density at radius 1 is 1.22 bits per heavy atom. The molecule has 0 spiro atoms. The summed E-state index contributed by atoms with van der Waals surface area (Å²) in [7, 11) is 2.00. The van der Waals surface area contributed by atoms with E-state index >= 15 is 0 Å². The number of benzene rings is 2. The lowest BCUT2D eigenvalue weighted by molar-refractivity contribution is 0.0589. The standard InChI is InChI=1S/C21H22ClN3O2/c1-24-18-12-15(20(26)23-13-14-5-4-6-16(22)11-14)8-9-17(18)21(27)25-10-3-2-7-19(24)25/h4-6,8-9,11-12,19H,2-3,7,10,13H2,1H3,(H,23,26)/t19-/m0/s1. The molecule has 27 heavy (non-hydrogen) atoms. The van der Waals surface area contributed by atoms with Crippen LogP contribution in [0.1, 0.15) is 45.5 Å². The average Bonchev–Trinajstić information content (AvgIpc) is 2.70. The quantitative estimate of drug-likeness (QED) is 0.879. The highest BCUT2D eigenvalue weighted by Crippen LogP contribution is 2.34. The van der Waals surface area contributed by atoms with Gasteiger partial charge in [0.1, 0.15) is 6.17 Å². The van der Waals surface area contributed by atoms with E-state index in [0.29, 0.717) is 22.7 Å². The Kier molecular flexibility index (Phi) is 4.79. The predicted octanol–water partition coefficient (Wildman–Crippen LogP) is 3.67. The third kappa shape index (κ3) is 3.39. The van der Waals surface area contributed by atoms with Crippen molar-refractivity contribution in [1.82, 2.24) is 10.2 Å². The SMILES string of the molecule is CN1c2cc(C(=O)NCc3cccc(Cl)c3)ccc2C(=O)N2CCCC[C@H]21. The molecule has 2 aliphatic heterocycles. The van der Waals surface area contributed by atoms with Gasteiger partial charge in [-0.1, -0.05) is 23.7 Å². The van der Waals surface area contributed by atoms with E-state index in [4.69, 9.17) is 11.6 Å².